The van der Waals surface area contributed by atoms with Crippen LogP contribution in [0.1, 0.15) is 57.6 Å². The second kappa shape index (κ2) is 9.61. The van der Waals surface area contributed by atoms with Crippen LogP contribution in [0.15, 0.2) is 54.6 Å². The summed E-state index contributed by atoms with van der Waals surface area (Å²) in [5.41, 5.74) is 1.27. The van der Waals surface area contributed by atoms with Gasteiger partial charge >= 0.3 is 7.60 Å². The fourth-order valence-corrected chi connectivity index (χ4v) is 5.28. The molecule has 4 nitrogen and oxygen atoms in total. The van der Waals surface area contributed by atoms with Gasteiger partial charge in [-0.25, -0.2) is 4.39 Å². The first-order valence-electron chi connectivity index (χ1n) is 9.25. The van der Waals surface area contributed by atoms with Crippen LogP contribution in [0, 0.1) is 5.82 Å². The molecule has 0 saturated heterocycles. The molecule has 2 aromatic rings. The smallest absolute Gasteiger partial charge is 0.304 e. The first-order valence-corrected chi connectivity index (χ1v) is 10.9. The van der Waals surface area contributed by atoms with E-state index in [1.165, 1.54) is 6.07 Å². The third kappa shape index (κ3) is 5.98. The topological polar surface area (TPSA) is 47.6 Å². The van der Waals surface area contributed by atoms with Crippen LogP contribution in [0.25, 0.3) is 0 Å². The maximum absolute atomic E-state index is 14.6. The van der Waals surface area contributed by atoms with E-state index in [-0.39, 0.29) is 23.8 Å². The Labute approximate surface area is 161 Å². The number of hydrogen-bond donors (Lipinski definition) is 1. The highest BCUT2D eigenvalue weighted by Gasteiger charge is 2.41. The second-order valence-electron chi connectivity index (χ2n) is 7.07. The fourth-order valence-electron chi connectivity index (χ4n) is 2.86. The summed E-state index contributed by atoms with van der Waals surface area (Å²) < 4.78 is 39.9. The third-order valence-corrected chi connectivity index (χ3v) is 6.43. The minimum absolute atomic E-state index is 0.185. The van der Waals surface area contributed by atoms with E-state index in [1.807, 2.05) is 37.3 Å². The molecule has 6 heteroatoms. The molecule has 0 aliphatic carbocycles. The van der Waals surface area contributed by atoms with E-state index in [2.05, 4.69) is 5.32 Å². The van der Waals surface area contributed by atoms with Gasteiger partial charge in [-0.05, 0) is 46.2 Å². The first kappa shape index (κ1) is 21.8. The van der Waals surface area contributed by atoms with Crippen LogP contribution in [0.4, 0.5) is 4.39 Å². The highest BCUT2D eigenvalue weighted by molar-refractivity contribution is 7.54. The molecular weight excluding hydrogens is 364 g/mol. The van der Waals surface area contributed by atoms with Crippen molar-refractivity contribution in [3.63, 3.8) is 0 Å². The molecule has 0 amide bonds. The molecule has 0 fully saturated rings. The highest BCUT2D eigenvalue weighted by Crippen LogP contribution is 2.62. The third-order valence-electron chi connectivity index (χ3n) is 3.94. The SMILES string of the molecule is CC(C)OP(=O)(OC(C)C)C(N[C@@H](C)c1ccccc1)c1ccccc1F. The zero-order valence-electron chi connectivity index (χ0n) is 16.6. The van der Waals surface area contributed by atoms with Gasteiger partial charge in [0.2, 0.25) is 0 Å². The normalized spacial score (nSPS) is 14.5. The summed E-state index contributed by atoms with van der Waals surface area (Å²) in [4.78, 5) is 0. The van der Waals surface area contributed by atoms with Crippen LogP contribution in [-0.2, 0) is 13.6 Å². The molecule has 0 heterocycles. The molecule has 1 unspecified atom stereocenters. The average molecular weight is 393 g/mol. The van der Waals surface area contributed by atoms with Crippen LogP contribution in [0.5, 0.6) is 0 Å². The standard InChI is InChI=1S/C21H29FNO3P/c1-15(2)25-27(24,26-16(3)4)21(19-13-9-10-14-20(19)22)23-17(5)18-11-7-6-8-12-18/h6-17,21,23H,1-5H3/t17-,21?/m0/s1. The highest BCUT2D eigenvalue weighted by atomic mass is 31.2. The van der Waals surface area contributed by atoms with Crippen molar-refractivity contribution < 1.29 is 18.0 Å². The largest absolute Gasteiger partial charge is 0.352 e. The molecule has 0 saturated carbocycles. The van der Waals surface area contributed by atoms with E-state index in [0.717, 1.165) is 5.56 Å². The Morgan fingerprint density at radius 3 is 1.89 bits per heavy atom. The van der Waals surface area contributed by atoms with Gasteiger partial charge in [0.05, 0.1) is 12.2 Å². The first-order chi connectivity index (χ1) is 12.7. The van der Waals surface area contributed by atoms with Crippen LogP contribution < -0.4 is 5.32 Å². The van der Waals surface area contributed by atoms with Crippen molar-refractivity contribution in [2.45, 2.75) is 58.7 Å². The lowest BCUT2D eigenvalue weighted by molar-refractivity contribution is 0.132. The Hall–Kier alpha value is -1.52. The maximum Gasteiger partial charge on any atom is 0.352 e. The van der Waals surface area contributed by atoms with Crippen molar-refractivity contribution >= 4 is 7.60 Å². The quantitative estimate of drug-likeness (QED) is 0.514. The number of nitrogens with one attached hydrogen (secondary N) is 1. The van der Waals surface area contributed by atoms with Crippen LogP contribution in [-0.4, -0.2) is 12.2 Å². The summed E-state index contributed by atoms with van der Waals surface area (Å²) in [5, 5.41) is 3.29. The predicted octanol–water partition coefficient (Wildman–Crippen LogP) is 6.22. The molecule has 0 aliphatic heterocycles. The molecule has 2 aromatic carbocycles. The summed E-state index contributed by atoms with van der Waals surface area (Å²) in [5.74, 6) is -1.38. The molecule has 27 heavy (non-hydrogen) atoms. The molecule has 148 valence electrons. The van der Waals surface area contributed by atoms with Gasteiger partial charge in [-0.1, -0.05) is 48.5 Å². The molecule has 2 atom stereocenters. The second-order valence-corrected chi connectivity index (χ2v) is 9.09. The Morgan fingerprint density at radius 1 is 0.852 bits per heavy atom. The van der Waals surface area contributed by atoms with Gasteiger partial charge < -0.3 is 9.05 Å². The molecular formula is C21H29FNO3P. The summed E-state index contributed by atoms with van der Waals surface area (Å²) in [6.07, 6.45) is -0.671. The monoisotopic (exact) mass is 393 g/mol. The van der Waals surface area contributed by atoms with E-state index in [9.17, 15) is 8.96 Å². The van der Waals surface area contributed by atoms with Crippen molar-refractivity contribution in [2.24, 2.45) is 0 Å². The summed E-state index contributed by atoms with van der Waals surface area (Å²) in [7, 11) is -3.72. The minimum Gasteiger partial charge on any atom is -0.304 e. The minimum atomic E-state index is -3.72. The van der Waals surface area contributed by atoms with E-state index >= 15 is 0 Å². The fraction of sp³-hybridized carbons (Fsp3) is 0.429. The van der Waals surface area contributed by atoms with Crippen LogP contribution in [0.3, 0.4) is 0 Å². The lowest BCUT2D eigenvalue weighted by atomic mass is 10.1. The van der Waals surface area contributed by atoms with Crippen LogP contribution in [0.2, 0.25) is 0 Å². The van der Waals surface area contributed by atoms with Crippen molar-refractivity contribution in [3.8, 4) is 0 Å². The van der Waals surface area contributed by atoms with Crippen molar-refractivity contribution in [2.75, 3.05) is 0 Å². The van der Waals surface area contributed by atoms with E-state index in [0.29, 0.717) is 0 Å². The van der Waals surface area contributed by atoms with Gasteiger partial charge in [-0.15, -0.1) is 0 Å². The number of benzene rings is 2. The molecule has 0 bridgehead atoms. The van der Waals surface area contributed by atoms with E-state index in [4.69, 9.17) is 9.05 Å². The van der Waals surface area contributed by atoms with Gasteiger partial charge in [0.1, 0.15) is 11.6 Å². The molecule has 0 radical (unpaired) electrons. The number of hydrogen-bond acceptors (Lipinski definition) is 4. The Bertz CT molecular complexity index is 753. The Morgan fingerprint density at radius 2 is 1.37 bits per heavy atom. The number of halogens is 1. The zero-order chi connectivity index (χ0) is 20.0. The molecule has 1 N–H and O–H groups in total. The molecule has 0 aliphatic rings. The van der Waals surface area contributed by atoms with E-state index < -0.39 is 19.2 Å². The number of rotatable bonds is 9. The summed E-state index contributed by atoms with van der Waals surface area (Å²) >= 11 is 0. The lowest BCUT2D eigenvalue weighted by Gasteiger charge is -2.33. The van der Waals surface area contributed by atoms with Crippen molar-refractivity contribution in [1.29, 1.82) is 0 Å². The summed E-state index contributed by atoms with van der Waals surface area (Å²) in [6, 6.07) is 15.8. The van der Waals surface area contributed by atoms with Gasteiger partial charge in [-0.3, -0.25) is 9.88 Å². The Balaban J connectivity index is 2.47. The lowest BCUT2D eigenvalue weighted by Crippen LogP contribution is -2.28. The predicted molar refractivity (Wildman–Crippen MR) is 107 cm³/mol. The van der Waals surface area contributed by atoms with Crippen LogP contribution >= 0.6 is 7.60 Å². The average Bonchev–Trinajstić information content (AvgIpc) is 2.59. The zero-order valence-corrected chi connectivity index (χ0v) is 17.4. The van der Waals surface area contributed by atoms with Gasteiger partial charge in [0, 0.05) is 11.6 Å². The summed E-state index contributed by atoms with van der Waals surface area (Å²) in [6.45, 7) is 9.09. The van der Waals surface area contributed by atoms with Crippen molar-refractivity contribution in [3.05, 3.63) is 71.5 Å². The molecule has 0 aromatic heterocycles. The maximum atomic E-state index is 14.6. The van der Waals surface area contributed by atoms with Crippen molar-refractivity contribution in [1.82, 2.24) is 5.32 Å². The van der Waals surface area contributed by atoms with Gasteiger partial charge in [0.15, 0.2) is 0 Å². The van der Waals surface area contributed by atoms with Gasteiger partial charge in [0.25, 0.3) is 0 Å². The van der Waals surface area contributed by atoms with Gasteiger partial charge in [-0.2, -0.15) is 0 Å². The molecule has 0 spiro atoms. The Kier molecular flexibility index (Phi) is 7.75. The molecule has 2 rings (SSSR count). The van der Waals surface area contributed by atoms with E-state index in [1.54, 1.807) is 45.9 Å².